The molecule has 1 aromatic heterocycles. The number of methoxy groups -OCH3 is 1. The van der Waals surface area contributed by atoms with E-state index in [9.17, 15) is 18.0 Å². The second-order valence-corrected chi connectivity index (χ2v) is 8.22. The number of aromatic amines is 1. The molecule has 1 N–H and O–H groups in total. The summed E-state index contributed by atoms with van der Waals surface area (Å²) in [5, 5.41) is 4.19. The minimum absolute atomic E-state index is 0.0147. The molecular formula is C22H22ClF3N4O2. The van der Waals surface area contributed by atoms with Gasteiger partial charge in [-0.05, 0) is 61.3 Å². The summed E-state index contributed by atoms with van der Waals surface area (Å²) in [6.07, 6.45) is -2.73. The molecule has 1 saturated heterocycles. The first-order valence-corrected chi connectivity index (χ1v) is 10.5. The molecule has 170 valence electrons. The molecule has 0 spiro atoms. The van der Waals surface area contributed by atoms with Crippen molar-refractivity contribution >= 4 is 11.6 Å². The summed E-state index contributed by atoms with van der Waals surface area (Å²) < 4.78 is 45.3. The molecular weight excluding hydrogens is 445 g/mol. The van der Waals surface area contributed by atoms with E-state index in [0.717, 1.165) is 25.5 Å². The Balaban J connectivity index is 1.47. The number of H-pyrrole nitrogens is 1. The minimum Gasteiger partial charge on any atom is -0.497 e. The maximum absolute atomic E-state index is 12.9. The average molecular weight is 467 g/mol. The number of halogens is 4. The number of likely N-dealkylation sites (tertiary alicyclic amines) is 1. The van der Waals surface area contributed by atoms with Crippen molar-refractivity contribution in [3.63, 3.8) is 0 Å². The second kappa shape index (κ2) is 8.99. The summed E-state index contributed by atoms with van der Waals surface area (Å²) in [5.74, 6) is 1.30. The Hall–Kier alpha value is -2.78. The number of alkyl halides is 3. The lowest BCUT2D eigenvalue weighted by molar-refractivity contribution is -0.137. The topological polar surface area (TPSA) is 63.1 Å². The van der Waals surface area contributed by atoms with E-state index in [4.69, 9.17) is 16.3 Å². The van der Waals surface area contributed by atoms with Crippen LogP contribution >= 0.6 is 11.6 Å². The van der Waals surface area contributed by atoms with Gasteiger partial charge in [0.15, 0.2) is 0 Å². The maximum Gasteiger partial charge on any atom is 0.417 e. The van der Waals surface area contributed by atoms with Crippen molar-refractivity contribution in [3.05, 3.63) is 74.9 Å². The second-order valence-electron chi connectivity index (χ2n) is 7.81. The standard InChI is InChI=1S/C22H22ClF3N4O2/c1-32-17-7-5-16(6-8-17)30-21(31)27-20(28-30)15-3-2-10-29(13-15)12-14-4-9-18(19(23)11-14)22(24,25)26/h4-9,11,15H,2-3,10,12-13H2,1H3,(H,27,28,31)/t15-/m0/s1. The highest BCUT2D eigenvalue weighted by Crippen LogP contribution is 2.35. The average Bonchev–Trinajstić information content (AvgIpc) is 3.15. The summed E-state index contributed by atoms with van der Waals surface area (Å²) in [5.41, 5.74) is 0.184. The Labute approximate surface area is 187 Å². The molecule has 1 aliphatic heterocycles. The Morgan fingerprint density at radius 3 is 2.62 bits per heavy atom. The monoisotopic (exact) mass is 466 g/mol. The molecule has 2 heterocycles. The highest BCUT2D eigenvalue weighted by atomic mass is 35.5. The lowest BCUT2D eigenvalue weighted by Gasteiger charge is -2.31. The first-order valence-electron chi connectivity index (χ1n) is 10.2. The molecule has 10 heteroatoms. The van der Waals surface area contributed by atoms with E-state index < -0.39 is 11.7 Å². The van der Waals surface area contributed by atoms with E-state index in [-0.39, 0.29) is 16.6 Å². The predicted octanol–water partition coefficient (Wildman–Crippen LogP) is 4.62. The van der Waals surface area contributed by atoms with Crippen LogP contribution in [0.2, 0.25) is 5.02 Å². The quantitative estimate of drug-likeness (QED) is 0.596. The van der Waals surface area contributed by atoms with Gasteiger partial charge in [0.1, 0.15) is 11.6 Å². The first kappa shape index (κ1) is 22.4. The van der Waals surface area contributed by atoms with E-state index in [1.54, 1.807) is 31.4 Å². The van der Waals surface area contributed by atoms with Gasteiger partial charge in [0.25, 0.3) is 0 Å². The van der Waals surface area contributed by atoms with Gasteiger partial charge in [-0.2, -0.15) is 17.9 Å². The molecule has 0 aliphatic carbocycles. The highest BCUT2D eigenvalue weighted by molar-refractivity contribution is 6.31. The van der Waals surface area contributed by atoms with Gasteiger partial charge in [0.05, 0.1) is 23.4 Å². The number of nitrogens with zero attached hydrogens (tertiary/aromatic N) is 3. The molecule has 1 atom stereocenters. The molecule has 0 bridgehead atoms. The minimum atomic E-state index is -4.47. The number of hydrogen-bond acceptors (Lipinski definition) is 4. The fourth-order valence-corrected chi connectivity index (χ4v) is 4.30. The SMILES string of the molecule is COc1ccc(-n2nc([C@H]3CCCN(Cc4ccc(C(F)(F)F)c(Cl)c4)C3)[nH]c2=O)cc1. The zero-order chi connectivity index (χ0) is 22.9. The Morgan fingerprint density at radius 1 is 1.22 bits per heavy atom. The van der Waals surface area contributed by atoms with E-state index in [2.05, 4.69) is 15.0 Å². The molecule has 32 heavy (non-hydrogen) atoms. The number of rotatable bonds is 5. The molecule has 0 saturated carbocycles. The van der Waals surface area contributed by atoms with Crippen LogP contribution in [0.25, 0.3) is 5.69 Å². The lowest BCUT2D eigenvalue weighted by atomic mass is 9.97. The van der Waals surface area contributed by atoms with Crippen LogP contribution in [-0.4, -0.2) is 39.9 Å². The van der Waals surface area contributed by atoms with Crippen molar-refractivity contribution in [2.24, 2.45) is 0 Å². The van der Waals surface area contributed by atoms with Crippen molar-refractivity contribution in [2.75, 3.05) is 20.2 Å². The van der Waals surface area contributed by atoms with Crippen LogP contribution in [-0.2, 0) is 12.7 Å². The smallest absolute Gasteiger partial charge is 0.417 e. The van der Waals surface area contributed by atoms with Crippen LogP contribution in [0.1, 0.15) is 35.7 Å². The molecule has 0 unspecified atom stereocenters. The molecule has 4 rings (SSSR count). The van der Waals surface area contributed by atoms with Gasteiger partial charge in [-0.15, -0.1) is 5.10 Å². The van der Waals surface area contributed by atoms with Crippen molar-refractivity contribution in [3.8, 4) is 11.4 Å². The van der Waals surface area contributed by atoms with E-state index in [1.165, 1.54) is 16.8 Å². The lowest BCUT2D eigenvalue weighted by Crippen LogP contribution is -2.34. The van der Waals surface area contributed by atoms with Gasteiger partial charge in [-0.1, -0.05) is 17.7 Å². The van der Waals surface area contributed by atoms with Crippen molar-refractivity contribution < 1.29 is 17.9 Å². The fourth-order valence-electron chi connectivity index (χ4n) is 3.99. The van der Waals surface area contributed by atoms with Crippen LogP contribution in [0, 0.1) is 0 Å². The van der Waals surface area contributed by atoms with Crippen LogP contribution < -0.4 is 10.4 Å². The van der Waals surface area contributed by atoms with Gasteiger partial charge in [-0.25, -0.2) is 4.79 Å². The largest absolute Gasteiger partial charge is 0.497 e. The molecule has 0 radical (unpaired) electrons. The number of benzene rings is 2. The predicted molar refractivity (Wildman–Crippen MR) is 114 cm³/mol. The summed E-state index contributed by atoms with van der Waals surface area (Å²) in [7, 11) is 1.57. The van der Waals surface area contributed by atoms with E-state index in [0.29, 0.717) is 35.9 Å². The Bertz CT molecular complexity index is 1140. The van der Waals surface area contributed by atoms with Crippen molar-refractivity contribution in [1.82, 2.24) is 19.7 Å². The van der Waals surface area contributed by atoms with Crippen LogP contribution in [0.3, 0.4) is 0 Å². The van der Waals surface area contributed by atoms with E-state index >= 15 is 0 Å². The maximum atomic E-state index is 12.9. The molecule has 2 aromatic carbocycles. The summed E-state index contributed by atoms with van der Waals surface area (Å²) in [6, 6.07) is 10.9. The van der Waals surface area contributed by atoms with Crippen LogP contribution in [0.5, 0.6) is 5.75 Å². The van der Waals surface area contributed by atoms with Gasteiger partial charge in [0, 0.05) is 19.0 Å². The fraction of sp³-hybridized carbons (Fsp3) is 0.364. The van der Waals surface area contributed by atoms with Crippen molar-refractivity contribution in [2.45, 2.75) is 31.5 Å². The first-order chi connectivity index (χ1) is 15.2. The molecule has 1 fully saturated rings. The molecule has 6 nitrogen and oxygen atoms in total. The van der Waals surface area contributed by atoms with Crippen LogP contribution in [0.4, 0.5) is 13.2 Å². The number of nitrogens with one attached hydrogen (secondary N) is 1. The number of piperidine rings is 1. The summed E-state index contributed by atoms with van der Waals surface area (Å²) >= 11 is 5.85. The van der Waals surface area contributed by atoms with Gasteiger partial charge < -0.3 is 4.74 Å². The third-order valence-electron chi connectivity index (χ3n) is 5.59. The molecule has 0 amide bonds. The third kappa shape index (κ3) is 4.83. The molecule has 3 aromatic rings. The molecule has 1 aliphatic rings. The van der Waals surface area contributed by atoms with Crippen molar-refractivity contribution in [1.29, 1.82) is 0 Å². The normalized spacial score (nSPS) is 17.5. The summed E-state index contributed by atoms with van der Waals surface area (Å²) in [4.78, 5) is 17.4. The van der Waals surface area contributed by atoms with E-state index in [1.807, 2.05) is 0 Å². The zero-order valence-electron chi connectivity index (χ0n) is 17.3. The van der Waals surface area contributed by atoms with Gasteiger partial charge in [0.2, 0.25) is 0 Å². The van der Waals surface area contributed by atoms with Crippen LogP contribution in [0.15, 0.2) is 47.3 Å². The Morgan fingerprint density at radius 2 is 1.97 bits per heavy atom. The third-order valence-corrected chi connectivity index (χ3v) is 5.90. The van der Waals surface area contributed by atoms with Gasteiger partial charge >= 0.3 is 11.9 Å². The Kier molecular flexibility index (Phi) is 6.30. The number of ether oxygens (including phenoxy) is 1. The highest BCUT2D eigenvalue weighted by Gasteiger charge is 2.33. The number of hydrogen-bond donors (Lipinski definition) is 1. The zero-order valence-corrected chi connectivity index (χ0v) is 18.1. The summed E-state index contributed by atoms with van der Waals surface area (Å²) in [6.45, 7) is 1.91. The number of aromatic nitrogens is 3. The van der Waals surface area contributed by atoms with Gasteiger partial charge in [-0.3, -0.25) is 9.88 Å².